The highest BCUT2D eigenvalue weighted by Crippen LogP contribution is 2.25. The summed E-state index contributed by atoms with van der Waals surface area (Å²) < 4.78 is 5.04. The zero-order valence-corrected chi connectivity index (χ0v) is 9.72. The Kier molecular flexibility index (Phi) is 3.19. The van der Waals surface area contributed by atoms with Crippen molar-refractivity contribution in [2.45, 2.75) is 12.5 Å². The van der Waals surface area contributed by atoms with Crippen LogP contribution in [0.15, 0.2) is 18.2 Å². The number of amides is 1. The number of ether oxygens (including phenoxy) is 1. The first-order chi connectivity index (χ1) is 8.11. The lowest BCUT2D eigenvalue weighted by Crippen LogP contribution is -2.31. The van der Waals surface area contributed by atoms with Crippen molar-refractivity contribution in [3.63, 3.8) is 0 Å². The lowest BCUT2D eigenvalue weighted by molar-refractivity contribution is 0.0787. The van der Waals surface area contributed by atoms with Crippen molar-refractivity contribution in [2.24, 2.45) is 5.73 Å². The third-order valence-electron chi connectivity index (χ3n) is 2.95. The second-order valence-corrected chi connectivity index (χ2v) is 4.18. The number of carbonyl (C=O) groups is 1. The minimum atomic E-state index is -0.200. The van der Waals surface area contributed by atoms with Gasteiger partial charge in [-0.25, -0.2) is 0 Å². The Morgan fingerprint density at radius 3 is 2.94 bits per heavy atom. The van der Waals surface area contributed by atoms with Gasteiger partial charge in [0.15, 0.2) is 0 Å². The van der Waals surface area contributed by atoms with Crippen molar-refractivity contribution in [3.05, 3.63) is 23.8 Å². The van der Waals surface area contributed by atoms with Crippen LogP contribution in [-0.2, 0) is 0 Å². The Bertz CT molecular complexity index is 434. The number of hydrogen-bond donors (Lipinski definition) is 2. The van der Waals surface area contributed by atoms with E-state index in [-0.39, 0.29) is 23.3 Å². The van der Waals surface area contributed by atoms with Gasteiger partial charge < -0.3 is 20.5 Å². The maximum Gasteiger partial charge on any atom is 0.257 e. The molecule has 1 fully saturated rings. The fourth-order valence-corrected chi connectivity index (χ4v) is 1.96. The van der Waals surface area contributed by atoms with E-state index in [0.717, 1.165) is 6.42 Å². The molecule has 3 N–H and O–H groups in total. The zero-order chi connectivity index (χ0) is 12.4. The molecule has 1 aromatic rings. The molecule has 1 heterocycles. The summed E-state index contributed by atoms with van der Waals surface area (Å²) in [7, 11) is 1.52. The molecule has 1 saturated heterocycles. The summed E-state index contributed by atoms with van der Waals surface area (Å²) in [6.45, 7) is 1.17. The molecule has 0 aromatic heterocycles. The number of nitrogens with two attached hydrogens (primary N) is 1. The Morgan fingerprint density at radius 1 is 1.59 bits per heavy atom. The van der Waals surface area contributed by atoms with Gasteiger partial charge in [-0.1, -0.05) is 0 Å². The fraction of sp³-hybridized carbons (Fsp3) is 0.417. The Hall–Kier alpha value is -1.75. The highest BCUT2D eigenvalue weighted by molar-refractivity contribution is 5.97. The third-order valence-corrected chi connectivity index (χ3v) is 2.95. The summed E-state index contributed by atoms with van der Waals surface area (Å²) in [4.78, 5) is 13.8. The maximum absolute atomic E-state index is 12.1. The van der Waals surface area contributed by atoms with Crippen molar-refractivity contribution < 1.29 is 14.6 Å². The second-order valence-electron chi connectivity index (χ2n) is 4.18. The molecule has 17 heavy (non-hydrogen) atoms. The molecule has 0 aliphatic carbocycles. The minimum absolute atomic E-state index is 0.0312. The number of methoxy groups -OCH3 is 1. The van der Waals surface area contributed by atoms with E-state index in [0.29, 0.717) is 18.8 Å². The molecule has 0 saturated carbocycles. The van der Waals surface area contributed by atoms with Crippen LogP contribution in [0, 0.1) is 0 Å². The molecule has 5 nitrogen and oxygen atoms in total. The number of nitrogens with zero attached hydrogens (tertiary/aromatic N) is 1. The van der Waals surface area contributed by atoms with Crippen molar-refractivity contribution in [1.29, 1.82) is 0 Å². The van der Waals surface area contributed by atoms with Gasteiger partial charge in [0.05, 0.1) is 12.7 Å². The predicted molar refractivity (Wildman–Crippen MR) is 63.2 cm³/mol. The van der Waals surface area contributed by atoms with Crippen LogP contribution in [0.4, 0.5) is 0 Å². The Labute approximate surface area is 99.8 Å². The van der Waals surface area contributed by atoms with Crippen molar-refractivity contribution in [3.8, 4) is 11.5 Å². The smallest absolute Gasteiger partial charge is 0.257 e. The molecule has 0 spiro atoms. The van der Waals surface area contributed by atoms with Gasteiger partial charge in [0.2, 0.25) is 0 Å². The van der Waals surface area contributed by atoms with Crippen molar-refractivity contribution >= 4 is 5.91 Å². The molecule has 1 unspecified atom stereocenters. The Morgan fingerprint density at radius 2 is 2.35 bits per heavy atom. The summed E-state index contributed by atoms with van der Waals surface area (Å²) in [5.41, 5.74) is 6.02. The average Bonchev–Trinajstić information content (AvgIpc) is 2.76. The van der Waals surface area contributed by atoms with Gasteiger partial charge in [-0.15, -0.1) is 0 Å². The van der Waals surface area contributed by atoms with E-state index in [1.165, 1.54) is 13.2 Å². The number of phenols is 1. The molecule has 1 atom stereocenters. The molecular weight excluding hydrogens is 220 g/mol. The average molecular weight is 236 g/mol. The van der Waals surface area contributed by atoms with Crippen molar-refractivity contribution in [2.75, 3.05) is 20.2 Å². The van der Waals surface area contributed by atoms with E-state index < -0.39 is 0 Å². The standard InChI is InChI=1S/C12H16N2O3/c1-17-9-2-3-11(15)10(6-9)12(16)14-5-4-8(13)7-14/h2-3,6,8,15H,4-5,7,13H2,1H3. The van der Waals surface area contributed by atoms with Crippen LogP contribution < -0.4 is 10.5 Å². The normalized spacial score (nSPS) is 19.4. The summed E-state index contributed by atoms with van der Waals surface area (Å²) >= 11 is 0. The lowest BCUT2D eigenvalue weighted by Gasteiger charge is -2.16. The van der Waals surface area contributed by atoms with Crippen molar-refractivity contribution in [1.82, 2.24) is 4.90 Å². The number of rotatable bonds is 2. The molecular formula is C12H16N2O3. The molecule has 92 valence electrons. The van der Waals surface area contributed by atoms with Gasteiger partial charge in [0, 0.05) is 19.1 Å². The molecule has 5 heteroatoms. The van der Waals surface area contributed by atoms with E-state index in [1.54, 1.807) is 17.0 Å². The lowest BCUT2D eigenvalue weighted by atomic mass is 10.1. The largest absolute Gasteiger partial charge is 0.507 e. The van der Waals surface area contributed by atoms with Gasteiger partial charge >= 0.3 is 0 Å². The molecule has 0 radical (unpaired) electrons. The molecule has 1 amide bonds. The van der Waals surface area contributed by atoms with Crippen LogP contribution in [-0.4, -0.2) is 42.2 Å². The van der Waals surface area contributed by atoms with Gasteiger partial charge in [-0.2, -0.15) is 0 Å². The highest BCUT2D eigenvalue weighted by atomic mass is 16.5. The van der Waals surface area contributed by atoms with Crippen LogP contribution in [0.25, 0.3) is 0 Å². The molecule has 2 rings (SSSR count). The first kappa shape index (κ1) is 11.7. The van der Waals surface area contributed by atoms with Gasteiger partial charge in [0.1, 0.15) is 11.5 Å². The van der Waals surface area contributed by atoms with E-state index in [9.17, 15) is 9.90 Å². The van der Waals surface area contributed by atoms with Gasteiger partial charge in [-0.05, 0) is 24.6 Å². The fourth-order valence-electron chi connectivity index (χ4n) is 1.96. The third kappa shape index (κ3) is 2.34. The van der Waals surface area contributed by atoms with E-state index in [4.69, 9.17) is 10.5 Å². The zero-order valence-electron chi connectivity index (χ0n) is 9.72. The first-order valence-electron chi connectivity index (χ1n) is 5.53. The summed E-state index contributed by atoms with van der Waals surface area (Å²) in [5, 5.41) is 9.69. The van der Waals surface area contributed by atoms with Crippen LogP contribution in [0.5, 0.6) is 11.5 Å². The molecule has 1 aliphatic rings. The molecule has 1 aliphatic heterocycles. The van der Waals surface area contributed by atoms with E-state index in [1.807, 2.05) is 0 Å². The summed E-state index contributed by atoms with van der Waals surface area (Å²) in [6.07, 6.45) is 0.802. The Balaban J connectivity index is 2.24. The predicted octanol–water partition coefficient (Wildman–Crippen LogP) is 0.574. The van der Waals surface area contributed by atoms with Gasteiger partial charge in [0.25, 0.3) is 5.91 Å². The number of likely N-dealkylation sites (tertiary alicyclic amines) is 1. The number of aromatic hydroxyl groups is 1. The van der Waals surface area contributed by atoms with Crippen LogP contribution in [0.3, 0.4) is 0 Å². The van der Waals surface area contributed by atoms with E-state index in [2.05, 4.69) is 0 Å². The summed E-state index contributed by atoms with van der Waals surface area (Å²) in [5.74, 6) is 0.320. The topological polar surface area (TPSA) is 75.8 Å². The SMILES string of the molecule is COc1ccc(O)c(C(=O)N2CCC(N)C2)c1. The number of benzene rings is 1. The number of phenolic OH excluding ortho intramolecular Hbond substituents is 1. The second kappa shape index (κ2) is 4.63. The van der Waals surface area contributed by atoms with Crippen LogP contribution in [0.1, 0.15) is 16.8 Å². The number of hydrogen-bond acceptors (Lipinski definition) is 4. The molecule has 0 bridgehead atoms. The monoisotopic (exact) mass is 236 g/mol. The quantitative estimate of drug-likeness (QED) is 0.787. The summed E-state index contributed by atoms with van der Waals surface area (Å²) in [6, 6.07) is 4.65. The first-order valence-corrected chi connectivity index (χ1v) is 5.53. The van der Waals surface area contributed by atoms with Crippen LogP contribution in [0.2, 0.25) is 0 Å². The van der Waals surface area contributed by atoms with Gasteiger partial charge in [-0.3, -0.25) is 4.79 Å². The minimum Gasteiger partial charge on any atom is -0.507 e. The van der Waals surface area contributed by atoms with Crippen LogP contribution >= 0.6 is 0 Å². The number of carbonyl (C=O) groups excluding carboxylic acids is 1. The molecule has 1 aromatic carbocycles. The highest BCUT2D eigenvalue weighted by Gasteiger charge is 2.26. The maximum atomic E-state index is 12.1. The van der Waals surface area contributed by atoms with E-state index >= 15 is 0 Å².